The lowest BCUT2D eigenvalue weighted by Gasteiger charge is -2.14. The number of benzene rings is 4. The van der Waals surface area contributed by atoms with Gasteiger partial charge in [-0.05, 0) is 71.0 Å². The molecule has 4 rings (SSSR count). The molecule has 0 aromatic heterocycles. The van der Waals surface area contributed by atoms with Crippen LogP contribution in [0.5, 0.6) is 0 Å². The molecule has 0 amide bonds. The molecule has 0 spiro atoms. The van der Waals surface area contributed by atoms with Crippen molar-refractivity contribution in [3.05, 3.63) is 107 Å². The van der Waals surface area contributed by atoms with E-state index in [0.717, 1.165) is 16.0 Å². The van der Waals surface area contributed by atoms with E-state index < -0.39 is 0 Å². The second-order valence-corrected chi connectivity index (χ2v) is 7.56. The molecule has 27 heavy (non-hydrogen) atoms. The van der Waals surface area contributed by atoms with Crippen LogP contribution in [0.25, 0.3) is 21.9 Å². The topological polar surface area (TPSA) is 0 Å². The third-order valence-electron chi connectivity index (χ3n) is 5.32. The van der Waals surface area contributed by atoms with Crippen molar-refractivity contribution in [3.63, 3.8) is 0 Å². The summed E-state index contributed by atoms with van der Waals surface area (Å²) in [4.78, 5) is 0.904. The molecule has 0 aliphatic rings. The summed E-state index contributed by atoms with van der Waals surface area (Å²) in [6, 6.07) is 27.9. The standard InChI is InChI=1S/C26H22S/c1-17-8-4-5-10-22(17)25-16-20(14-12-19(25)3)26(27)24-15-13-18(2)21-9-6-7-11-23(21)24/h4-16H,1-3H3. The maximum atomic E-state index is 5.94. The van der Waals surface area contributed by atoms with Gasteiger partial charge < -0.3 is 0 Å². The molecule has 4 aromatic carbocycles. The molecular weight excluding hydrogens is 344 g/mol. The summed E-state index contributed by atoms with van der Waals surface area (Å²) in [5.74, 6) is 0. The normalized spacial score (nSPS) is 10.9. The van der Waals surface area contributed by atoms with Gasteiger partial charge in [-0.1, -0.05) is 85.0 Å². The van der Waals surface area contributed by atoms with E-state index in [0.29, 0.717) is 0 Å². The van der Waals surface area contributed by atoms with Gasteiger partial charge in [-0.15, -0.1) is 0 Å². The van der Waals surface area contributed by atoms with E-state index in [1.54, 1.807) is 0 Å². The molecule has 4 aromatic rings. The predicted octanol–water partition coefficient (Wildman–Crippen LogP) is 7.20. The average Bonchev–Trinajstić information content (AvgIpc) is 2.69. The van der Waals surface area contributed by atoms with Crippen LogP contribution in [0, 0.1) is 20.8 Å². The van der Waals surface area contributed by atoms with Crippen molar-refractivity contribution < 1.29 is 0 Å². The Morgan fingerprint density at radius 3 is 2.00 bits per heavy atom. The third-order valence-corrected chi connectivity index (χ3v) is 5.78. The number of rotatable bonds is 3. The van der Waals surface area contributed by atoms with Gasteiger partial charge in [0.1, 0.15) is 0 Å². The van der Waals surface area contributed by atoms with Gasteiger partial charge in [0.2, 0.25) is 0 Å². The fourth-order valence-corrected chi connectivity index (χ4v) is 4.04. The molecule has 0 saturated heterocycles. The van der Waals surface area contributed by atoms with Gasteiger partial charge in [-0.2, -0.15) is 0 Å². The molecule has 0 bridgehead atoms. The highest BCUT2D eigenvalue weighted by Crippen LogP contribution is 2.30. The number of hydrogen-bond acceptors (Lipinski definition) is 1. The molecule has 0 unspecified atom stereocenters. The van der Waals surface area contributed by atoms with Crippen LogP contribution in [0.2, 0.25) is 0 Å². The molecule has 0 atom stereocenters. The maximum Gasteiger partial charge on any atom is 0.0528 e. The van der Waals surface area contributed by atoms with Crippen molar-refractivity contribution in [2.75, 3.05) is 0 Å². The number of hydrogen-bond donors (Lipinski definition) is 0. The van der Waals surface area contributed by atoms with Crippen LogP contribution in [0.3, 0.4) is 0 Å². The lowest BCUT2D eigenvalue weighted by atomic mass is 9.91. The smallest absolute Gasteiger partial charge is 0.0528 e. The van der Waals surface area contributed by atoms with Crippen LogP contribution in [-0.2, 0) is 0 Å². The van der Waals surface area contributed by atoms with E-state index in [4.69, 9.17) is 12.2 Å². The minimum absolute atomic E-state index is 0.904. The van der Waals surface area contributed by atoms with Crippen molar-refractivity contribution in [1.82, 2.24) is 0 Å². The Morgan fingerprint density at radius 2 is 1.22 bits per heavy atom. The Morgan fingerprint density at radius 1 is 0.593 bits per heavy atom. The minimum atomic E-state index is 0.904. The van der Waals surface area contributed by atoms with Crippen molar-refractivity contribution >= 4 is 27.9 Å². The van der Waals surface area contributed by atoms with Crippen molar-refractivity contribution in [2.24, 2.45) is 0 Å². The van der Waals surface area contributed by atoms with Gasteiger partial charge in [0, 0.05) is 5.56 Å². The van der Waals surface area contributed by atoms with Crippen molar-refractivity contribution in [2.45, 2.75) is 20.8 Å². The Labute approximate surface area is 166 Å². The average molecular weight is 367 g/mol. The van der Waals surface area contributed by atoms with Gasteiger partial charge in [-0.25, -0.2) is 0 Å². The lowest BCUT2D eigenvalue weighted by Crippen LogP contribution is -2.02. The Bertz CT molecular complexity index is 1170. The van der Waals surface area contributed by atoms with Crippen LogP contribution in [-0.4, -0.2) is 4.86 Å². The number of fused-ring (bicyclic) bond motifs is 1. The van der Waals surface area contributed by atoms with Crippen LogP contribution >= 0.6 is 12.2 Å². The zero-order valence-corrected chi connectivity index (χ0v) is 16.7. The molecule has 0 nitrogen and oxygen atoms in total. The molecule has 0 aliphatic carbocycles. The summed E-state index contributed by atoms with van der Waals surface area (Å²) < 4.78 is 0. The Hall–Kier alpha value is -2.77. The number of thiocarbonyl (C=S) groups is 1. The fourth-order valence-electron chi connectivity index (χ4n) is 3.73. The first-order valence-corrected chi connectivity index (χ1v) is 9.67. The zero-order valence-electron chi connectivity index (χ0n) is 15.9. The first kappa shape index (κ1) is 17.6. The van der Waals surface area contributed by atoms with Gasteiger partial charge >= 0.3 is 0 Å². The second kappa shape index (κ2) is 7.09. The Balaban J connectivity index is 1.86. The summed E-state index contributed by atoms with van der Waals surface area (Å²) >= 11 is 5.94. The summed E-state index contributed by atoms with van der Waals surface area (Å²) in [5, 5.41) is 2.49. The van der Waals surface area contributed by atoms with E-state index in [-0.39, 0.29) is 0 Å². The number of aryl methyl sites for hydroxylation is 3. The first-order chi connectivity index (χ1) is 13.1. The first-order valence-electron chi connectivity index (χ1n) is 9.26. The monoisotopic (exact) mass is 366 g/mol. The highest BCUT2D eigenvalue weighted by Gasteiger charge is 2.13. The molecule has 132 valence electrons. The fraction of sp³-hybridized carbons (Fsp3) is 0.115. The molecule has 0 fully saturated rings. The van der Waals surface area contributed by atoms with Crippen molar-refractivity contribution in [1.29, 1.82) is 0 Å². The third kappa shape index (κ3) is 3.20. The van der Waals surface area contributed by atoms with Crippen LogP contribution in [0.4, 0.5) is 0 Å². The quantitative estimate of drug-likeness (QED) is 0.273. The minimum Gasteiger partial charge on any atom is -0.0788 e. The molecule has 0 N–H and O–H groups in total. The van der Waals surface area contributed by atoms with Crippen LogP contribution in [0.1, 0.15) is 27.8 Å². The Kier molecular flexibility index (Phi) is 4.63. The molecule has 0 heterocycles. The SMILES string of the molecule is Cc1ccccc1-c1cc(C(=S)c2ccc(C)c3ccccc23)ccc1C. The summed E-state index contributed by atoms with van der Waals surface area (Å²) in [6.07, 6.45) is 0. The van der Waals surface area contributed by atoms with Gasteiger partial charge in [0.25, 0.3) is 0 Å². The summed E-state index contributed by atoms with van der Waals surface area (Å²) in [6.45, 7) is 6.47. The summed E-state index contributed by atoms with van der Waals surface area (Å²) in [5.41, 5.74) is 8.59. The maximum absolute atomic E-state index is 5.94. The summed E-state index contributed by atoms with van der Waals surface area (Å²) in [7, 11) is 0. The van der Waals surface area contributed by atoms with E-state index in [1.807, 2.05) is 0 Å². The highest BCUT2D eigenvalue weighted by molar-refractivity contribution is 7.81. The van der Waals surface area contributed by atoms with E-state index in [9.17, 15) is 0 Å². The van der Waals surface area contributed by atoms with Gasteiger partial charge in [0.05, 0.1) is 4.86 Å². The van der Waals surface area contributed by atoms with E-state index >= 15 is 0 Å². The molecule has 1 heteroatoms. The molecular formula is C26H22S. The van der Waals surface area contributed by atoms with Crippen LogP contribution in [0.15, 0.2) is 78.9 Å². The van der Waals surface area contributed by atoms with E-state index in [2.05, 4.69) is 99.6 Å². The van der Waals surface area contributed by atoms with Crippen molar-refractivity contribution in [3.8, 4) is 11.1 Å². The van der Waals surface area contributed by atoms with Crippen LogP contribution < -0.4 is 0 Å². The highest BCUT2D eigenvalue weighted by atomic mass is 32.1. The predicted molar refractivity (Wildman–Crippen MR) is 121 cm³/mol. The van der Waals surface area contributed by atoms with E-state index in [1.165, 1.54) is 38.6 Å². The lowest BCUT2D eigenvalue weighted by molar-refractivity contribution is 1.40. The molecule has 0 aliphatic heterocycles. The van der Waals surface area contributed by atoms with Gasteiger partial charge in [-0.3, -0.25) is 0 Å². The second-order valence-electron chi connectivity index (χ2n) is 7.15. The molecule has 0 saturated carbocycles. The largest absolute Gasteiger partial charge is 0.0788 e. The zero-order chi connectivity index (χ0) is 19.0. The van der Waals surface area contributed by atoms with Gasteiger partial charge in [0.15, 0.2) is 0 Å². The molecule has 0 radical (unpaired) electrons.